The first-order valence-corrected chi connectivity index (χ1v) is 2.32. The number of hydrogen-bond donors (Lipinski definition) is 2. The Bertz CT molecular complexity index is 390. The summed E-state index contributed by atoms with van der Waals surface area (Å²) in [4.78, 5) is 10.3. The average molecular weight is 154 g/mol. The van der Waals surface area contributed by atoms with Gasteiger partial charge in [-0.05, 0) is 12.7 Å². The van der Waals surface area contributed by atoms with Crippen LogP contribution in [0.5, 0.6) is 0 Å². The molecule has 0 bridgehead atoms. The van der Waals surface area contributed by atoms with Crippen molar-refractivity contribution >= 4 is 6.09 Å². The van der Waals surface area contributed by atoms with Gasteiger partial charge < -0.3 is 15.1 Å². The third-order valence-corrected chi connectivity index (χ3v) is 0.764. The molecule has 1 saturated heterocycles. The van der Waals surface area contributed by atoms with E-state index in [-0.39, 0.29) is 0 Å². The molecule has 4 nitrogen and oxygen atoms in total. The van der Waals surface area contributed by atoms with E-state index >= 15 is 0 Å². The van der Waals surface area contributed by atoms with Gasteiger partial charge in [-0.15, -0.1) is 0 Å². The highest BCUT2D eigenvalue weighted by atomic mass is 16.4. The van der Waals surface area contributed by atoms with Gasteiger partial charge in [-0.2, -0.15) is 0 Å². The second kappa shape index (κ2) is 2.88. The number of piperidine rings is 1. The molecule has 1 amide bonds. The third kappa shape index (κ3) is 1.60. The summed E-state index contributed by atoms with van der Waals surface area (Å²) < 4.78 is 66.0. The molecule has 0 aromatic heterocycles. The highest BCUT2D eigenvalue weighted by Gasteiger charge is 2.19. The maximum atomic E-state index is 10.9. The molecule has 0 spiro atoms. The van der Waals surface area contributed by atoms with Crippen LogP contribution in [-0.2, 0) is 0 Å². The molecule has 2 N–H and O–H groups in total. The van der Waals surface area contributed by atoms with Gasteiger partial charge in [-0.25, -0.2) is 4.79 Å². The van der Waals surface area contributed by atoms with Crippen LogP contribution in [-0.4, -0.2) is 40.3 Å². The zero-order chi connectivity index (χ0) is 15.7. The lowest BCUT2D eigenvalue weighted by Crippen LogP contribution is -2.39. The molecule has 0 aromatic carbocycles. The number of likely N-dealkylation sites (tertiary alicyclic amines) is 1. The zero-order valence-electron chi connectivity index (χ0n) is 13.7. The van der Waals surface area contributed by atoms with Crippen LogP contribution in [0.2, 0.25) is 0 Å². The van der Waals surface area contributed by atoms with Crippen LogP contribution in [0.4, 0.5) is 4.79 Å². The van der Waals surface area contributed by atoms with Gasteiger partial charge in [0, 0.05) is 24.0 Å². The zero-order valence-corrected chi connectivity index (χ0v) is 4.75. The Kier molecular flexibility index (Phi) is 0.541. The molecule has 0 radical (unpaired) electrons. The van der Waals surface area contributed by atoms with Crippen LogP contribution in [0.3, 0.4) is 0 Å². The fraction of sp³-hybridized carbons (Fsp3) is 0.833. The number of amides is 1. The summed E-state index contributed by atoms with van der Waals surface area (Å²) in [7, 11) is 0. The smallest absolute Gasteiger partial charge is 0.407 e. The average Bonchev–Trinajstić information content (AvgIpc) is 2.12. The van der Waals surface area contributed by atoms with E-state index in [2.05, 4.69) is 0 Å². The molecule has 1 aliphatic rings. The van der Waals surface area contributed by atoms with E-state index < -0.39 is 42.8 Å². The fourth-order valence-corrected chi connectivity index (χ4v) is 0.373. The Morgan fingerprint density at radius 1 is 1.70 bits per heavy atom. The van der Waals surface area contributed by atoms with Crippen molar-refractivity contribution in [3.63, 3.8) is 0 Å². The van der Waals surface area contributed by atoms with E-state index in [1.54, 1.807) is 0 Å². The summed E-state index contributed by atoms with van der Waals surface area (Å²) >= 11 is 0. The van der Waals surface area contributed by atoms with E-state index in [9.17, 15) is 9.90 Å². The lowest BCUT2D eigenvalue weighted by molar-refractivity contribution is 0.0769. The van der Waals surface area contributed by atoms with Gasteiger partial charge in [0.25, 0.3) is 0 Å². The first-order valence-electron chi connectivity index (χ1n) is 6.82. The van der Waals surface area contributed by atoms with Crippen molar-refractivity contribution in [3.05, 3.63) is 0 Å². The second-order valence-electron chi connectivity index (χ2n) is 1.44. The van der Waals surface area contributed by atoms with Crippen LogP contribution in [0.15, 0.2) is 0 Å². The number of rotatable bonds is 0. The molecule has 10 heavy (non-hydrogen) atoms. The summed E-state index contributed by atoms with van der Waals surface area (Å²) in [5, 5.41) is 18.4. The standard InChI is InChI=1S/C6H11NO3/c8-5-1-3-7(4-2-5)6(9)10/h5,8H,1-4H2,(H,9,10)/i1D2,2D2,3D2,4D2,5D. The molecule has 0 aromatic rings. The van der Waals surface area contributed by atoms with Gasteiger partial charge in [0.1, 0.15) is 0 Å². The van der Waals surface area contributed by atoms with Gasteiger partial charge in [-0.1, -0.05) is 0 Å². The molecule has 0 atom stereocenters. The largest absolute Gasteiger partial charge is 0.465 e. The highest BCUT2D eigenvalue weighted by Crippen LogP contribution is 2.08. The first kappa shape index (κ1) is 1.88. The number of hydrogen-bond acceptors (Lipinski definition) is 2. The lowest BCUT2D eigenvalue weighted by Gasteiger charge is -2.26. The minimum atomic E-state index is -3.83. The van der Waals surface area contributed by atoms with Gasteiger partial charge in [0.2, 0.25) is 0 Å². The van der Waals surface area contributed by atoms with Crippen LogP contribution in [0.25, 0.3) is 0 Å². The number of carbonyl (C=O) groups is 1. The van der Waals surface area contributed by atoms with E-state index in [4.69, 9.17) is 17.4 Å². The predicted octanol–water partition coefficient (Wildman–Crippen LogP) is 0.121. The van der Waals surface area contributed by atoms with Crippen molar-refractivity contribution in [1.82, 2.24) is 4.90 Å². The van der Waals surface area contributed by atoms with Crippen LogP contribution in [0.1, 0.15) is 25.1 Å². The lowest BCUT2D eigenvalue weighted by atomic mass is 10.1. The van der Waals surface area contributed by atoms with Crippen molar-refractivity contribution in [2.45, 2.75) is 18.8 Å². The number of nitrogens with zero attached hydrogens (tertiary/aromatic N) is 1. The summed E-state index contributed by atoms with van der Waals surface area (Å²) in [5.74, 6) is 0. The van der Waals surface area contributed by atoms with E-state index in [1.807, 2.05) is 0 Å². The van der Waals surface area contributed by atoms with Crippen molar-refractivity contribution in [3.8, 4) is 0 Å². The topological polar surface area (TPSA) is 60.8 Å². The normalized spacial score (nSPS) is 57.7. The molecular formula is C6H11NO3. The van der Waals surface area contributed by atoms with Gasteiger partial charge in [0.05, 0.1) is 7.45 Å². The molecule has 1 fully saturated rings. The first-order chi connectivity index (χ1) is 8.07. The monoisotopic (exact) mass is 154 g/mol. The summed E-state index contributed by atoms with van der Waals surface area (Å²) in [6, 6.07) is 0. The molecule has 0 aliphatic carbocycles. The molecule has 4 heteroatoms. The van der Waals surface area contributed by atoms with Crippen molar-refractivity contribution < 1.29 is 27.3 Å². The van der Waals surface area contributed by atoms with Crippen molar-refractivity contribution in [2.75, 3.05) is 13.0 Å². The quantitative estimate of drug-likeness (QED) is 0.521. The minimum Gasteiger partial charge on any atom is -0.465 e. The second-order valence-corrected chi connectivity index (χ2v) is 1.44. The molecule has 0 saturated carbocycles. The number of aliphatic hydroxyl groups is 1. The summed E-state index contributed by atoms with van der Waals surface area (Å²) in [5.41, 5.74) is 0. The molecular weight excluding hydrogens is 134 g/mol. The Labute approximate surface area is 71.7 Å². The Hall–Kier alpha value is -0.770. The Balaban J connectivity index is 3.70. The van der Waals surface area contributed by atoms with Crippen molar-refractivity contribution in [1.29, 1.82) is 0 Å². The van der Waals surface area contributed by atoms with Gasteiger partial charge in [0.15, 0.2) is 0 Å². The molecule has 1 aliphatic heterocycles. The highest BCUT2D eigenvalue weighted by molar-refractivity contribution is 5.64. The van der Waals surface area contributed by atoms with Crippen LogP contribution in [0, 0.1) is 0 Å². The van der Waals surface area contributed by atoms with E-state index in [0.717, 1.165) is 0 Å². The Morgan fingerprint density at radius 3 is 2.60 bits per heavy atom. The third-order valence-electron chi connectivity index (χ3n) is 0.764. The van der Waals surface area contributed by atoms with E-state index in [1.165, 1.54) is 0 Å². The van der Waals surface area contributed by atoms with Gasteiger partial charge in [-0.3, -0.25) is 0 Å². The minimum absolute atomic E-state index is 0.691. The fourth-order valence-electron chi connectivity index (χ4n) is 0.373. The summed E-state index contributed by atoms with van der Waals surface area (Å²) in [6.45, 7) is -7.30. The number of carboxylic acid groups (broad SMARTS) is 1. The predicted molar refractivity (Wildman–Crippen MR) is 34.8 cm³/mol. The van der Waals surface area contributed by atoms with Gasteiger partial charge >= 0.3 is 6.09 Å². The van der Waals surface area contributed by atoms with E-state index in [0.29, 0.717) is 0 Å². The molecule has 1 heterocycles. The SMILES string of the molecule is [2H]C1([2H])N(C(=O)O)C([2H])([2H])C([2H])([2H])C([2H])(O)C1([2H])[2H]. The molecule has 58 valence electrons. The Morgan fingerprint density at radius 2 is 2.20 bits per heavy atom. The van der Waals surface area contributed by atoms with Crippen molar-refractivity contribution in [2.24, 2.45) is 0 Å². The molecule has 1 rings (SSSR count). The molecule has 0 unspecified atom stereocenters. The summed E-state index contributed by atoms with van der Waals surface area (Å²) in [6.07, 6.45) is -13.5. The van der Waals surface area contributed by atoms with Crippen LogP contribution < -0.4 is 0 Å². The maximum absolute atomic E-state index is 10.9. The van der Waals surface area contributed by atoms with Crippen LogP contribution >= 0.6 is 0 Å². The maximum Gasteiger partial charge on any atom is 0.407 e.